The molecule has 21 heavy (non-hydrogen) atoms. The second-order valence-corrected chi connectivity index (χ2v) is 5.44. The molecular weight excluding hydrogens is 305 g/mol. The molecule has 1 aromatic carbocycles. The quantitative estimate of drug-likeness (QED) is 0.851. The van der Waals surface area contributed by atoms with Crippen molar-refractivity contribution in [1.29, 1.82) is 0 Å². The molecule has 9 heteroatoms. The van der Waals surface area contributed by atoms with Crippen LogP contribution in [0.25, 0.3) is 0 Å². The summed E-state index contributed by atoms with van der Waals surface area (Å²) in [7, 11) is 0. The number of nitrogens with zero attached hydrogens (tertiary/aromatic N) is 2. The minimum absolute atomic E-state index is 0.304. The summed E-state index contributed by atoms with van der Waals surface area (Å²) in [5.41, 5.74) is -0.456. The summed E-state index contributed by atoms with van der Waals surface area (Å²) in [6.45, 7) is 1.66. The molecule has 0 fully saturated rings. The van der Waals surface area contributed by atoms with Crippen molar-refractivity contribution in [2.75, 3.05) is 5.32 Å². The number of anilines is 1. The van der Waals surface area contributed by atoms with Crippen LogP contribution in [0.15, 0.2) is 35.7 Å². The molecule has 112 valence electrons. The largest absolute Gasteiger partial charge is 0.416 e. The van der Waals surface area contributed by atoms with Crippen molar-refractivity contribution in [3.63, 3.8) is 0 Å². The number of H-pyrrole nitrogens is 1. The molecule has 0 aliphatic rings. The van der Waals surface area contributed by atoms with E-state index in [0.717, 1.165) is 23.9 Å². The number of carbonyl (C=O) groups excluding carboxylic acids is 1. The first kappa shape index (κ1) is 15.4. The Bertz CT molecular complexity index is 598. The maximum absolute atomic E-state index is 12.4. The van der Waals surface area contributed by atoms with Crippen molar-refractivity contribution >= 4 is 23.4 Å². The molecule has 5 nitrogen and oxygen atoms in total. The van der Waals surface area contributed by atoms with E-state index in [2.05, 4.69) is 20.5 Å². The summed E-state index contributed by atoms with van der Waals surface area (Å²) in [6.07, 6.45) is -3.07. The predicted octanol–water partition coefficient (Wildman–Crippen LogP) is 2.94. The van der Waals surface area contributed by atoms with Crippen LogP contribution in [0.1, 0.15) is 12.5 Å². The number of aromatic amines is 1. The van der Waals surface area contributed by atoms with Gasteiger partial charge in [-0.3, -0.25) is 9.89 Å². The second-order valence-electron chi connectivity index (χ2n) is 4.12. The SMILES string of the molecule is C[C@@H](Sc1ncn[nH]1)C(=O)Nc1ccc(C(F)(F)F)cc1. The number of carbonyl (C=O) groups is 1. The Morgan fingerprint density at radius 3 is 2.52 bits per heavy atom. The molecular formula is C12H11F3N4OS. The minimum atomic E-state index is -4.39. The van der Waals surface area contributed by atoms with Crippen molar-refractivity contribution < 1.29 is 18.0 Å². The number of hydrogen-bond donors (Lipinski definition) is 2. The maximum atomic E-state index is 12.4. The van der Waals surface area contributed by atoms with Crippen LogP contribution in [0.3, 0.4) is 0 Å². The number of aromatic nitrogens is 3. The van der Waals surface area contributed by atoms with Gasteiger partial charge in [0.25, 0.3) is 0 Å². The lowest BCUT2D eigenvalue weighted by atomic mass is 10.2. The van der Waals surface area contributed by atoms with Crippen molar-refractivity contribution in [3.05, 3.63) is 36.2 Å². The molecule has 1 amide bonds. The molecule has 0 spiro atoms. The minimum Gasteiger partial charge on any atom is -0.325 e. The van der Waals surface area contributed by atoms with Gasteiger partial charge in [0.05, 0.1) is 10.8 Å². The summed E-state index contributed by atoms with van der Waals surface area (Å²) in [4.78, 5) is 15.8. The molecule has 0 radical (unpaired) electrons. The van der Waals surface area contributed by atoms with E-state index in [9.17, 15) is 18.0 Å². The lowest BCUT2D eigenvalue weighted by Gasteiger charge is -2.11. The molecule has 1 heterocycles. The van der Waals surface area contributed by atoms with Gasteiger partial charge in [0.1, 0.15) is 6.33 Å². The fourth-order valence-electron chi connectivity index (χ4n) is 1.46. The third-order valence-electron chi connectivity index (χ3n) is 2.53. The van der Waals surface area contributed by atoms with Gasteiger partial charge in [0.15, 0.2) is 5.16 Å². The number of benzene rings is 1. The maximum Gasteiger partial charge on any atom is 0.416 e. The molecule has 0 unspecified atom stereocenters. The van der Waals surface area contributed by atoms with Crippen molar-refractivity contribution in [1.82, 2.24) is 15.2 Å². The average Bonchev–Trinajstić information content (AvgIpc) is 2.91. The van der Waals surface area contributed by atoms with Gasteiger partial charge < -0.3 is 5.32 Å². The van der Waals surface area contributed by atoms with Gasteiger partial charge in [0, 0.05) is 5.69 Å². The number of alkyl halides is 3. The lowest BCUT2D eigenvalue weighted by molar-refractivity contribution is -0.137. The van der Waals surface area contributed by atoms with Crippen molar-refractivity contribution in [3.8, 4) is 0 Å². The molecule has 1 aromatic heterocycles. The topological polar surface area (TPSA) is 70.7 Å². The zero-order valence-corrected chi connectivity index (χ0v) is 11.6. The monoisotopic (exact) mass is 316 g/mol. The number of amides is 1. The Balaban J connectivity index is 1.96. The van der Waals surface area contributed by atoms with Crippen LogP contribution >= 0.6 is 11.8 Å². The highest BCUT2D eigenvalue weighted by molar-refractivity contribution is 8.00. The second kappa shape index (κ2) is 6.17. The summed E-state index contributed by atoms with van der Waals surface area (Å²) in [5.74, 6) is -0.337. The van der Waals surface area contributed by atoms with Crippen molar-refractivity contribution in [2.24, 2.45) is 0 Å². The Labute approximate surface area is 122 Å². The van der Waals surface area contributed by atoms with Crippen LogP contribution in [0, 0.1) is 0 Å². The van der Waals surface area contributed by atoms with Crippen LogP contribution in [-0.2, 0) is 11.0 Å². The first-order valence-corrected chi connectivity index (χ1v) is 6.74. The van der Waals surface area contributed by atoms with Crippen LogP contribution in [0.4, 0.5) is 18.9 Å². The molecule has 0 aliphatic carbocycles. The Kier molecular flexibility index (Phi) is 4.51. The third kappa shape index (κ3) is 4.22. The van der Waals surface area contributed by atoms with Gasteiger partial charge in [-0.2, -0.15) is 18.3 Å². The predicted molar refractivity (Wildman–Crippen MR) is 71.8 cm³/mol. The first-order chi connectivity index (χ1) is 9.86. The van der Waals surface area contributed by atoms with Crippen LogP contribution < -0.4 is 5.32 Å². The van der Waals surface area contributed by atoms with E-state index in [1.54, 1.807) is 6.92 Å². The van der Waals surface area contributed by atoms with Gasteiger partial charge in [-0.15, -0.1) is 0 Å². The zero-order chi connectivity index (χ0) is 15.5. The summed E-state index contributed by atoms with van der Waals surface area (Å²) < 4.78 is 37.2. The van der Waals surface area contributed by atoms with E-state index >= 15 is 0 Å². The number of hydrogen-bond acceptors (Lipinski definition) is 4. The molecule has 0 bridgehead atoms. The summed E-state index contributed by atoms with van der Waals surface area (Å²) in [6, 6.07) is 4.27. The molecule has 0 aliphatic heterocycles. The number of thioether (sulfide) groups is 1. The van der Waals surface area contributed by atoms with Gasteiger partial charge in [0.2, 0.25) is 5.91 Å². The molecule has 0 saturated carbocycles. The fourth-order valence-corrected chi connectivity index (χ4v) is 2.17. The normalized spacial score (nSPS) is 13.0. The standard InChI is InChI=1S/C12H11F3N4OS/c1-7(21-11-16-6-17-19-11)10(20)18-9-4-2-8(3-5-9)12(13,14)15/h2-7H,1H3,(H,18,20)(H,16,17,19)/t7-/m1/s1. The highest BCUT2D eigenvalue weighted by Gasteiger charge is 2.30. The molecule has 2 aromatic rings. The molecule has 1 atom stereocenters. The highest BCUT2D eigenvalue weighted by atomic mass is 32.2. The van der Waals surface area contributed by atoms with E-state index < -0.39 is 17.0 Å². The number of halogens is 3. The van der Waals surface area contributed by atoms with E-state index in [0.29, 0.717) is 10.8 Å². The van der Waals surface area contributed by atoms with Crippen LogP contribution in [-0.4, -0.2) is 26.3 Å². The van der Waals surface area contributed by atoms with Gasteiger partial charge >= 0.3 is 6.18 Å². The van der Waals surface area contributed by atoms with E-state index in [-0.39, 0.29) is 5.91 Å². The van der Waals surface area contributed by atoms with Gasteiger partial charge in [-0.25, -0.2) is 4.98 Å². The Morgan fingerprint density at radius 1 is 1.33 bits per heavy atom. The number of nitrogens with one attached hydrogen (secondary N) is 2. The molecule has 0 saturated heterocycles. The number of rotatable bonds is 4. The molecule has 2 N–H and O–H groups in total. The lowest BCUT2D eigenvalue weighted by Crippen LogP contribution is -2.22. The van der Waals surface area contributed by atoms with Gasteiger partial charge in [-0.1, -0.05) is 11.8 Å². The van der Waals surface area contributed by atoms with Crippen molar-refractivity contribution in [2.45, 2.75) is 23.5 Å². The van der Waals surface area contributed by atoms with Crippen LogP contribution in [0.2, 0.25) is 0 Å². The van der Waals surface area contributed by atoms with Gasteiger partial charge in [-0.05, 0) is 31.2 Å². The van der Waals surface area contributed by atoms with Crippen LogP contribution in [0.5, 0.6) is 0 Å². The Hall–Kier alpha value is -2.03. The summed E-state index contributed by atoms with van der Waals surface area (Å²) in [5, 5.41) is 8.83. The van der Waals surface area contributed by atoms with E-state index in [4.69, 9.17) is 0 Å². The first-order valence-electron chi connectivity index (χ1n) is 5.86. The zero-order valence-electron chi connectivity index (χ0n) is 10.8. The highest BCUT2D eigenvalue weighted by Crippen LogP contribution is 2.30. The summed E-state index contributed by atoms with van der Waals surface area (Å²) >= 11 is 1.16. The van der Waals surface area contributed by atoms with E-state index in [1.165, 1.54) is 18.5 Å². The Morgan fingerprint density at radius 2 is 2.00 bits per heavy atom. The average molecular weight is 316 g/mol. The molecule has 2 rings (SSSR count). The third-order valence-corrected chi connectivity index (χ3v) is 3.52. The van der Waals surface area contributed by atoms with E-state index in [1.807, 2.05) is 0 Å². The fraction of sp³-hybridized carbons (Fsp3) is 0.250. The smallest absolute Gasteiger partial charge is 0.325 e.